The van der Waals surface area contributed by atoms with Crippen LogP contribution in [0.4, 0.5) is 0 Å². The SMILES string of the molecule is C=C[C@H](N)c1cc2ccccc2c2ccccc12.Cl. The van der Waals surface area contributed by atoms with Crippen LogP contribution in [-0.4, -0.2) is 0 Å². The highest BCUT2D eigenvalue weighted by Crippen LogP contribution is 2.31. The van der Waals surface area contributed by atoms with Crippen molar-refractivity contribution in [1.82, 2.24) is 0 Å². The van der Waals surface area contributed by atoms with Gasteiger partial charge in [-0.15, -0.1) is 19.0 Å². The second-order valence-corrected chi connectivity index (χ2v) is 4.49. The van der Waals surface area contributed by atoms with E-state index in [1.165, 1.54) is 21.5 Å². The van der Waals surface area contributed by atoms with E-state index in [1.807, 2.05) is 0 Å². The molecule has 0 saturated carbocycles. The van der Waals surface area contributed by atoms with E-state index in [1.54, 1.807) is 6.08 Å². The lowest BCUT2D eigenvalue weighted by molar-refractivity contribution is 0.927. The third kappa shape index (κ3) is 2.23. The van der Waals surface area contributed by atoms with Crippen LogP contribution in [0.3, 0.4) is 0 Å². The molecule has 2 heteroatoms. The Hall–Kier alpha value is -1.83. The number of hydrogen-bond acceptors (Lipinski definition) is 1. The van der Waals surface area contributed by atoms with Gasteiger partial charge in [0.25, 0.3) is 0 Å². The van der Waals surface area contributed by atoms with Gasteiger partial charge < -0.3 is 5.73 Å². The first-order chi connectivity index (χ1) is 8.81. The van der Waals surface area contributed by atoms with Crippen LogP contribution >= 0.6 is 12.4 Å². The molecule has 3 aromatic rings. The van der Waals surface area contributed by atoms with Gasteiger partial charge in [0.1, 0.15) is 0 Å². The fourth-order valence-corrected chi connectivity index (χ4v) is 2.49. The van der Waals surface area contributed by atoms with E-state index in [-0.39, 0.29) is 18.4 Å². The zero-order valence-corrected chi connectivity index (χ0v) is 11.4. The highest BCUT2D eigenvalue weighted by Gasteiger charge is 2.09. The molecule has 0 saturated heterocycles. The average Bonchev–Trinajstić information content (AvgIpc) is 2.45. The van der Waals surface area contributed by atoms with E-state index in [2.05, 4.69) is 61.2 Å². The van der Waals surface area contributed by atoms with Crippen molar-refractivity contribution in [2.45, 2.75) is 6.04 Å². The van der Waals surface area contributed by atoms with Crippen molar-refractivity contribution < 1.29 is 0 Å². The van der Waals surface area contributed by atoms with Crippen molar-refractivity contribution in [3.05, 3.63) is 72.8 Å². The number of rotatable bonds is 2. The van der Waals surface area contributed by atoms with Gasteiger partial charge in [-0.1, -0.05) is 54.6 Å². The highest BCUT2D eigenvalue weighted by atomic mass is 35.5. The molecule has 0 fully saturated rings. The molecule has 19 heavy (non-hydrogen) atoms. The number of halogens is 1. The molecule has 0 heterocycles. The molecular weight excluding hydrogens is 254 g/mol. The van der Waals surface area contributed by atoms with Gasteiger partial charge in [0.2, 0.25) is 0 Å². The first kappa shape index (κ1) is 13.6. The lowest BCUT2D eigenvalue weighted by atomic mass is 9.94. The summed E-state index contributed by atoms with van der Waals surface area (Å²) in [4.78, 5) is 0. The summed E-state index contributed by atoms with van der Waals surface area (Å²) in [6, 6.07) is 18.8. The Kier molecular flexibility index (Phi) is 3.89. The molecule has 0 bridgehead atoms. The van der Waals surface area contributed by atoms with Gasteiger partial charge in [-0.3, -0.25) is 0 Å². The lowest BCUT2D eigenvalue weighted by Gasteiger charge is -2.13. The number of fused-ring (bicyclic) bond motifs is 3. The molecule has 0 aliphatic heterocycles. The minimum atomic E-state index is -0.125. The minimum Gasteiger partial charge on any atom is -0.321 e. The van der Waals surface area contributed by atoms with Crippen LogP contribution in [0.15, 0.2) is 67.3 Å². The molecule has 0 aliphatic rings. The second kappa shape index (κ2) is 5.43. The van der Waals surface area contributed by atoms with Gasteiger partial charge in [0.15, 0.2) is 0 Å². The summed E-state index contributed by atoms with van der Waals surface area (Å²) >= 11 is 0. The van der Waals surface area contributed by atoms with Crippen LogP contribution in [0.1, 0.15) is 11.6 Å². The zero-order valence-electron chi connectivity index (χ0n) is 10.5. The Morgan fingerprint density at radius 3 is 2.16 bits per heavy atom. The second-order valence-electron chi connectivity index (χ2n) is 4.49. The molecule has 3 rings (SSSR count). The maximum Gasteiger partial charge on any atom is 0.0484 e. The monoisotopic (exact) mass is 269 g/mol. The molecule has 96 valence electrons. The van der Waals surface area contributed by atoms with Gasteiger partial charge in [-0.25, -0.2) is 0 Å². The molecule has 0 aromatic heterocycles. The van der Waals surface area contributed by atoms with E-state index in [0.717, 1.165) is 5.56 Å². The fourth-order valence-electron chi connectivity index (χ4n) is 2.49. The summed E-state index contributed by atoms with van der Waals surface area (Å²) in [5.74, 6) is 0. The highest BCUT2D eigenvalue weighted by molar-refractivity contribution is 6.09. The molecule has 2 N–H and O–H groups in total. The van der Waals surface area contributed by atoms with Crippen molar-refractivity contribution in [2.24, 2.45) is 5.73 Å². The molecule has 0 amide bonds. The van der Waals surface area contributed by atoms with Crippen LogP contribution in [0.25, 0.3) is 21.5 Å². The van der Waals surface area contributed by atoms with Crippen molar-refractivity contribution in [3.63, 3.8) is 0 Å². The summed E-state index contributed by atoms with van der Waals surface area (Å²) in [5.41, 5.74) is 7.27. The summed E-state index contributed by atoms with van der Waals surface area (Å²) in [7, 11) is 0. The quantitative estimate of drug-likeness (QED) is 0.534. The standard InChI is InChI=1S/C17H15N.ClH/c1-2-17(18)16-11-12-7-3-4-8-13(12)14-9-5-6-10-15(14)16;/h2-11,17H,1,18H2;1H/t17-;/m0./s1. The van der Waals surface area contributed by atoms with Crippen LogP contribution in [-0.2, 0) is 0 Å². The molecule has 1 nitrogen and oxygen atoms in total. The number of benzene rings is 3. The Morgan fingerprint density at radius 2 is 1.47 bits per heavy atom. The Bertz CT molecular complexity index is 733. The summed E-state index contributed by atoms with van der Waals surface area (Å²) in [6.07, 6.45) is 1.79. The summed E-state index contributed by atoms with van der Waals surface area (Å²) in [6.45, 7) is 3.80. The minimum absolute atomic E-state index is 0. The van der Waals surface area contributed by atoms with Crippen molar-refractivity contribution in [3.8, 4) is 0 Å². The van der Waals surface area contributed by atoms with Crippen LogP contribution in [0.2, 0.25) is 0 Å². The zero-order chi connectivity index (χ0) is 12.5. The molecular formula is C17H16ClN. The fraction of sp³-hybridized carbons (Fsp3) is 0.0588. The van der Waals surface area contributed by atoms with E-state index < -0.39 is 0 Å². The van der Waals surface area contributed by atoms with Crippen molar-refractivity contribution in [2.75, 3.05) is 0 Å². The van der Waals surface area contributed by atoms with E-state index in [0.29, 0.717) is 0 Å². The lowest BCUT2D eigenvalue weighted by Crippen LogP contribution is -2.07. The Balaban J connectivity index is 0.00000133. The maximum absolute atomic E-state index is 6.13. The molecule has 0 spiro atoms. The third-order valence-electron chi connectivity index (χ3n) is 3.41. The normalized spacial score (nSPS) is 12.1. The Morgan fingerprint density at radius 1 is 0.895 bits per heavy atom. The van der Waals surface area contributed by atoms with Gasteiger partial charge in [0.05, 0.1) is 0 Å². The predicted molar refractivity (Wildman–Crippen MR) is 85.8 cm³/mol. The molecule has 1 atom stereocenters. The molecule has 0 unspecified atom stereocenters. The first-order valence-corrected chi connectivity index (χ1v) is 6.10. The number of nitrogens with two attached hydrogens (primary N) is 1. The van der Waals surface area contributed by atoms with Crippen LogP contribution in [0, 0.1) is 0 Å². The van der Waals surface area contributed by atoms with Crippen LogP contribution in [0.5, 0.6) is 0 Å². The maximum atomic E-state index is 6.13. The topological polar surface area (TPSA) is 26.0 Å². The predicted octanol–water partition coefficient (Wildman–Crippen LogP) is 4.60. The van der Waals surface area contributed by atoms with Crippen molar-refractivity contribution >= 4 is 34.0 Å². The van der Waals surface area contributed by atoms with Crippen LogP contribution < -0.4 is 5.73 Å². The third-order valence-corrected chi connectivity index (χ3v) is 3.41. The average molecular weight is 270 g/mol. The Labute approximate surface area is 119 Å². The largest absolute Gasteiger partial charge is 0.321 e. The van der Waals surface area contributed by atoms with Crippen molar-refractivity contribution in [1.29, 1.82) is 0 Å². The molecule has 0 aliphatic carbocycles. The first-order valence-electron chi connectivity index (χ1n) is 6.10. The number of hydrogen-bond donors (Lipinski definition) is 1. The van der Waals surface area contributed by atoms with Gasteiger partial charge >= 0.3 is 0 Å². The van der Waals surface area contributed by atoms with E-state index in [9.17, 15) is 0 Å². The van der Waals surface area contributed by atoms with E-state index in [4.69, 9.17) is 5.73 Å². The summed E-state index contributed by atoms with van der Waals surface area (Å²) in [5, 5.41) is 4.96. The molecule has 0 radical (unpaired) electrons. The van der Waals surface area contributed by atoms with E-state index >= 15 is 0 Å². The van der Waals surface area contributed by atoms with Gasteiger partial charge in [-0.2, -0.15) is 0 Å². The molecule has 3 aromatic carbocycles. The van der Waals surface area contributed by atoms with Gasteiger partial charge in [0, 0.05) is 6.04 Å². The summed E-state index contributed by atoms with van der Waals surface area (Å²) < 4.78 is 0. The van der Waals surface area contributed by atoms with Gasteiger partial charge in [-0.05, 0) is 33.2 Å². The smallest absolute Gasteiger partial charge is 0.0484 e.